The fourth-order valence-electron chi connectivity index (χ4n) is 3.22. The third-order valence-electron chi connectivity index (χ3n) is 4.64. The Morgan fingerprint density at radius 2 is 1.76 bits per heavy atom. The Kier molecular flexibility index (Phi) is 4.22. The van der Waals surface area contributed by atoms with E-state index >= 15 is 0 Å². The number of aromatic hydroxyl groups is 1. The summed E-state index contributed by atoms with van der Waals surface area (Å²) in [5, 5.41) is 14.5. The molecule has 0 bridgehead atoms. The molecule has 0 atom stereocenters. The van der Waals surface area contributed by atoms with Gasteiger partial charge in [0.1, 0.15) is 0 Å². The Morgan fingerprint density at radius 1 is 1.04 bits per heavy atom. The fraction of sp³-hybridized carbons (Fsp3) is 0.273. The van der Waals surface area contributed by atoms with Crippen molar-refractivity contribution in [3.8, 4) is 28.2 Å². The van der Waals surface area contributed by atoms with Gasteiger partial charge in [0.25, 0.3) is 0 Å². The van der Waals surface area contributed by atoms with Crippen LogP contribution < -0.4 is 5.32 Å². The standard InChI is InChI=1S/C22H23NO2/c1-2-8-15-9-6-7-12-18(15)19-20(24)21(16-10-4-3-5-11-16)25-22(19)23-17-13-14-17/h3-7,9-12,17,23-24H,2,8,13-14H2,1H3. The van der Waals surface area contributed by atoms with Crippen LogP contribution in [0.2, 0.25) is 0 Å². The van der Waals surface area contributed by atoms with Crippen LogP contribution in [-0.2, 0) is 6.42 Å². The summed E-state index contributed by atoms with van der Waals surface area (Å²) >= 11 is 0. The van der Waals surface area contributed by atoms with E-state index in [1.807, 2.05) is 36.4 Å². The Bertz CT molecular complexity index is 863. The van der Waals surface area contributed by atoms with Crippen LogP contribution in [-0.4, -0.2) is 11.1 Å². The van der Waals surface area contributed by atoms with Crippen molar-refractivity contribution in [2.45, 2.75) is 38.6 Å². The highest BCUT2D eigenvalue weighted by Crippen LogP contribution is 2.48. The number of benzene rings is 2. The molecule has 1 heterocycles. The molecule has 3 heteroatoms. The van der Waals surface area contributed by atoms with Gasteiger partial charge in [-0.3, -0.25) is 0 Å². The molecule has 0 saturated heterocycles. The zero-order valence-electron chi connectivity index (χ0n) is 14.5. The second kappa shape index (κ2) is 6.67. The largest absolute Gasteiger partial charge is 0.504 e. The monoisotopic (exact) mass is 333 g/mol. The quantitative estimate of drug-likeness (QED) is 0.595. The molecule has 1 aromatic heterocycles. The van der Waals surface area contributed by atoms with Gasteiger partial charge in [0.2, 0.25) is 5.88 Å². The molecule has 25 heavy (non-hydrogen) atoms. The van der Waals surface area contributed by atoms with Gasteiger partial charge >= 0.3 is 0 Å². The average molecular weight is 333 g/mol. The van der Waals surface area contributed by atoms with Gasteiger partial charge in [-0.15, -0.1) is 0 Å². The topological polar surface area (TPSA) is 45.4 Å². The third-order valence-corrected chi connectivity index (χ3v) is 4.64. The number of rotatable bonds is 6. The molecule has 0 spiro atoms. The molecule has 1 aliphatic carbocycles. The highest BCUT2D eigenvalue weighted by Gasteiger charge is 2.29. The molecular weight excluding hydrogens is 310 g/mol. The lowest BCUT2D eigenvalue weighted by atomic mass is 9.96. The molecule has 128 valence electrons. The van der Waals surface area contributed by atoms with Crippen LogP contribution in [0.4, 0.5) is 5.88 Å². The number of aryl methyl sites for hydroxylation is 1. The van der Waals surface area contributed by atoms with Gasteiger partial charge in [-0.1, -0.05) is 67.9 Å². The van der Waals surface area contributed by atoms with Crippen LogP contribution in [0.15, 0.2) is 59.0 Å². The minimum Gasteiger partial charge on any atom is -0.504 e. The molecule has 0 radical (unpaired) electrons. The molecule has 3 aromatic rings. The summed E-state index contributed by atoms with van der Waals surface area (Å²) in [6, 6.07) is 18.5. The normalized spacial score (nSPS) is 13.8. The van der Waals surface area contributed by atoms with Crippen molar-refractivity contribution in [2.24, 2.45) is 0 Å². The lowest BCUT2D eigenvalue weighted by Crippen LogP contribution is -2.01. The van der Waals surface area contributed by atoms with Crippen LogP contribution in [0.25, 0.3) is 22.5 Å². The van der Waals surface area contributed by atoms with Crippen LogP contribution in [0.1, 0.15) is 31.7 Å². The molecular formula is C22H23NO2. The zero-order chi connectivity index (χ0) is 17.2. The van der Waals surface area contributed by atoms with Gasteiger partial charge in [-0.25, -0.2) is 0 Å². The average Bonchev–Trinajstić information content (AvgIpc) is 3.40. The Labute approximate surface area is 148 Å². The first-order valence-corrected chi connectivity index (χ1v) is 9.04. The molecule has 1 aliphatic rings. The number of nitrogens with one attached hydrogen (secondary N) is 1. The summed E-state index contributed by atoms with van der Waals surface area (Å²) in [6.07, 6.45) is 4.34. The number of furan rings is 1. The third kappa shape index (κ3) is 3.14. The Hall–Kier alpha value is -2.68. The molecule has 1 fully saturated rings. The van der Waals surface area contributed by atoms with Gasteiger partial charge in [-0.2, -0.15) is 0 Å². The summed E-state index contributed by atoms with van der Waals surface area (Å²) < 4.78 is 6.11. The van der Waals surface area contributed by atoms with E-state index in [4.69, 9.17) is 4.42 Å². The molecule has 3 nitrogen and oxygen atoms in total. The van der Waals surface area contributed by atoms with Crippen molar-refractivity contribution in [3.05, 3.63) is 60.2 Å². The SMILES string of the molecule is CCCc1ccccc1-c1c(NC2CC2)oc(-c2ccccc2)c1O. The minimum atomic E-state index is 0.220. The van der Waals surface area contributed by atoms with E-state index in [1.165, 1.54) is 5.56 Å². The van der Waals surface area contributed by atoms with Gasteiger partial charge in [0, 0.05) is 11.6 Å². The lowest BCUT2D eigenvalue weighted by molar-refractivity contribution is 0.466. The molecule has 2 aromatic carbocycles. The van der Waals surface area contributed by atoms with Gasteiger partial charge in [0.15, 0.2) is 11.5 Å². The smallest absolute Gasteiger partial charge is 0.205 e. The molecule has 0 aliphatic heterocycles. The first kappa shape index (κ1) is 15.8. The Morgan fingerprint density at radius 3 is 2.48 bits per heavy atom. The maximum absolute atomic E-state index is 11.0. The summed E-state index contributed by atoms with van der Waals surface area (Å²) in [5.41, 5.74) is 3.96. The maximum atomic E-state index is 11.0. The first-order chi connectivity index (χ1) is 12.3. The van der Waals surface area contributed by atoms with E-state index in [-0.39, 0.29) is 5.75 Å². The summed E-state index contributed by atoms with van der Waals surface area (Å²) in [5.74, 6) is 1.44. The molecule has 0 amide bonds. The van der Waals surface area contributed by atoms with E-state index in [2.05, 4.69) is 30.4 Å². The number of hydrogen-bond acceptors (Lipinski definition) is 3. The van der Waals surface area contributed by atoms with Crippen LogP contribution in [0.5, 0.6) is 5.75 Å². The number of anilines is 1. The number of hydrogen-bond donors (Lipinski definition) is 2. The van der Waals surface area contributed by atoms with E-state index < -0.39 is 0 Å². The molecule has 4 rings (SSSR count). The van der Waals surface area contributed by atoms with Crippen molar-refractivity contribution in [3.63, 3.8) is 0 Å². The molecule has 2 N–H and O–H groups in total. The highest BCUT2D eigenvalue weighted by molar-refractivity contribution is 5.88. The predicted molar refractivity (Wildman–Crippen MR) is 102 cm³/mol. The summed E-state index contributed by atoms with van der Waals surface area (Å²) in [7, 11) is 0. The summed E-state index contributed by atoms with van der Waals surface area (Å²) in [4.78, 5) is 0. The summed E-state index contributed by atoms with van der Waals surface area (Å²) in [6.45, 7) is 2.17. The highest BCUT2D eigenvalue weighted by atomic mass is 16.4. The van der Waals surface area contributed by atoms with E-state index in [1.54, 1.807) is 0 Å². The second-order valence-electron chi connectivity index (χ2n) is 6.68. The van der Waals surface area contributed by atoms with Crippen LogP contribution >= 0.6 is 0 Å². The van der Waals surface area contributed by atoms with E-state index in [0.717, 1.165) is 42.4 Å². The Balaban J connectivity index is 1.87. The second-order valence-corrected chi connectivity index (χ2v) is 6.68. The zero-order valence-corrected chi connectivity index (χ0v) is 14.5. The van der Waals surface area contributed by atoms with E-state index in [0.29, 0.717) is 17.7 Å². The molecule has 0 unspecified atom stereocenters. The van der Waals surface area contributed by atoms with E-state index in [9.17, 15) is 5.11 Å². The fourth-order valence-corrected chi connectivity index (χ4v) is 3.22. The van der Waals surface area contributed by atoms with Crippen molar-refractivity contribution < 1.29 is 9.52 Å². The van der Waals surface area contributed by atoms with Crippen molar-refractivity contribution >= 4 is 5.88 Å². The van der Waals surface area contributed by atoms with Gasteiger partial charge in [-0.05, 0) is 30.4 Å². The molecule has 1 saturated carbocycles. The van der Waals surface area contributed by atoms with Gasteiger partial charge < -0.3 is 14.8 Å². The lowest BCUT2D eigenvalue weighted by Gasteiger charge is -2.10. The van der Waals surface area contributed by atoms with Crippen LogP contribution in [0, 0.1) is 0 Å². The van der Waals surface area contributed by atoms with Crippen molar-refractivity contribution in [2.75, 3.05) is 5.32 Å². The minimum absolute atomic E-state index is 0.220. The maximum Gasteiger partial charge on any atom is 0.205 e. The van der Waals surface area contributed by atoms with Crippen LogP contribution in [0.3, 0.4) is 0 Å². The van der Waals surface area contributed by atoms with Gasteiger partial charge in [0.05, 0.1) is 5.56 Å². The van der Waals surface area contributed by atoms with Crippen molar-refractivity contribution in [1.29, 1.82) is 0 Å². The first-order valence-electron chi connectivity index (χ1n) is 9.04. The van der Waals surface area contributed by atoms with Crippen molar-refractivity contribution in [1.82, 2.24) is 0 Å². The predicted octanol–water partition coefficient (Wildman–Crippen LogP) is 5.85.